The van der Waals surface area contributed by atoms with Crippen LogP contribution in [0.5, 0.6) is 0 Å². The average Bonchev–Trinajstić information content (AvgIpc) is 2.59. The third-order valence-corrected chi connectivity index (χ3v) is 4.71. The van der Waals surface area contributed by atoms with Gasteiger partial charge in [-0.3, -0.25) is 9.59 Å². The van der Waals surface area contributed by atoms with E-state index in [2.05, 4.69) is 0 Å². The number of amides is 2. The lowest BCUT2D eigenvalue weighted by molar-refractivity contribution is -0.141. The van der Waals surface area contributed by atoms with Crippen LogP contribution < -0.4 is 11.5 Å². The molecule has 0 spiro atoms. The van der Waals surface area contributed by atoms with Crippen molar-refractivity contribution in [1.82, 2.24) is 4.90 Å². The Morgan fingerprint density at radius 3 is 2.20 bits per heavy atom. The number of nitrogens with zero attached hydrogens (tertiary/aromatic N) is 1. The molecule has 5 nitrogen and oxygen atoms in total. The minimum absolute atomic E-state index is 0.0549. The molecular formula is C20H33N3O2. The fraction of sp³-hybridized carbons (Fsp3) is 0.600. The molecule has 0 heterocycles. The van der Waals surface area contributed by atoms with Gasteiger partial charge < -0.3 is 16.4 Å². The van der Waals surface area contributed by atoms with Gasteiger partial charge in [0.15, 0.2) is 0 Å². The van der Waals surface area contributed by atoms with Crippen LogP contribution in [0.1, 0.15) is 46.1 Å². The molecule has 0 unspecified atom stereocenters. The van der Waals surface area contributed by atoms with E-state index in [1.54, 1.807) is 4.90 Å². The summed E-state index contributed by atoms with van der Waals surface area (Å²) >= 11 is 0. The highest BCUT2D eigenvalue weighted by Crippen LogP contribution is 2.17. The van der Waals surface area contributed by atoms with Gasteiger partial charge in [0, 0.05) is 6.54 Å². The van der Waals surface area contributed by atoms with Crippen LogP contribution in [-0.4, -0.2) is 35.3 Å². The molecule has 3 atom stereocenters. The summed E-state index contributed by atoms with van der Waals surface area (Å²) < 4.78 is 0. The smallest absolute Gasteiger partial charge is 0.240 e. The number of rotatable bonds is 10. The van der Waals surface area contributed by atoms with E-state index in [1.165, 1.54) is 0 Å². The van der Waals surface area contributed by atoms with Crippen molar-refractivity contribution in [2.45, 2.75) is 59.0 Å². The van der Waals surface area contributed by atoms with E-state index in [-0.39, 0.29) is 17.7 Å². The third-order valence-electron chi connectivity index (χ3n) is 4.71. The Labute approximate surface area is 151 Å². The molecule has 4 N–H and O–H groups in total. The maximum atomic E-state index is 13.0. The van der Waals surface area contributed by atoms with Crippen molar-refractivity contribution in [1.29, 1.82) is 0 Å². The molecule has 1 rings (SSSR count). The SMILES string of the molecule is CC[C@H](C)[C@H](N)C(=O)N(CCc1ccccc1)[C@@H](CC(C)C)C(N)=O. The van der Waals surface area contributed by atoms with Crippen LogP contribution in [0, 0.1) is 11.8 Å². The predicted molar refractivity (Wildman–Crippen MR) is 102 cm³/mol. The van der Waals surface area contributed by atoms with Crippen molar-refractivity contribution < 1.29 is 9.59 Å². The summed E-state index contributed by atoms with van der Waals surface area (Å²) in [6, 6.07) is 8.67. The predicted octanol–water partition coefficient (Wildman–Crippen LogP) is 2.33. The Kier molecular flexibility index (Phi) is 8.62. The number of hydrogen-bond acceptors (Lipinski definition) is 3. The van der Waals surface area contributed by atoms with Gasteiger partial charge in [0.2, 0.25) is 11.8 Å². The molecule has 0 saturated heterocycles. The second-order valence-corrected chi connectivity index (χ2v) is 7.23. The number of primary amides is 1. The van der Waals surface area contributed by atoms with Crippen molar-refractivity contribution >= 4 is 11.8 Å². The number of nitrogens with two attached hydrogens (primary N) is 2. The molecule has 0 aromatic heterocycles. The van der Waals surface area contributed by atoms with Crippen molar-refractivity contribution in [2.24, 2.45) is 23.3 Å². The third kappa shape index (κ3) is 6.50. The highest BCUT2D eigenvalue weighted by atomic mass is 16.2. The molecule has 0 fully saturated rings. The van der Waals surface area contributed by atoms with Gasteiger partial charge in [0.05, 0.1) is 6.04 Å². The molecular weight excluding hydrogens is 314 g/mol. The van der Waals surface area contributed by atoms with Crippen molar-refractivity contribution in [3.8, 4) is 0 Å². The molecule has 0 bridgehead atoms. The van der Waals surface area contributed by atoms with Gasteiger partial charge in [-0.05, 0) is 30.2 Å². The Bertz CT molecular complexity index is 545. The van der Waals surface area contributed by atoms with Gasteiger partial charge in [-0.2, -0.15) is 0 Å². The van der Waals surface area contributed by atoms with E-state index in [4.69, 9.17) is 11.5 Å². The van der Waals surface area contributed by atoms with Crippen molar-refractivity contribution in [3.05, 3.63) is 35.9 Å². The van der Waals surface area contributed by atoms with Crippen LogP contribution in [0.4, 0.5) is 0 Å². The Morgan fingerprint density at radius 2 is 1.72 bits per heavy atom. The minimum Gasteiger partial charge on any atom is -0.368 e. The van der Waals surface area contributed by atoms with Gasteiger partial charge in [-0.15, -0.1) is 0 Å². The molecule has 0 aliphatic carbocycles. The fourth-order valence-electron chi connectivity index (χ4n) is 2.85. The molecule has 2 amide bonds. The normalized spacial score (nSPS) is 14.8. The maximum absolute atomic E-state index is 13.0. The van der Waals surface area contributed by atoms with Gasteiger partial charge in [0.25, 0.3) is 0 Å². The highest BCUT2D eigenvalue weighted by Gasteiger charge is 2.33. The molecule has 25 heavy (non-hydrogen) atoms. The average molecular weight is 348 g/mol. The lowest BCUT2D eigenvalue weighted by Gasteiger charge is -2.34. The Hall–Kier alpha value is -1.88. The zero-order chi connectivity index (χ0) is 19.0. The molecule has 5 heteroatoms. The standard InChI is InChI=1S/C20H33N3O2/c1-5-15(4)18(21)20(25)23(17(19(22)24)13-14(2)3)12-11-16-9-7-6-8-10-16/h6-10,14-15,17-18H,5,11-13,21H2,1-4H3,(H2,22,24)/t15-,17-,18-/m0/s1. The van der Waals surface area contributed by atoms with E-state index in [0.717, 1.165) is 12.0 Å². The monoisotopic (exact) mass is 347 g/mol. The first-order valence-electron chi connectivity index (χ1n) is 9.17. The summed E-state index contributed by atoms with van der Waals surface area (Å²) in [6.07, 6.45) is 2.02. The van der Waals surface area contributed by atoms with Crippen LogP contribution in [0.25, 0.3) is 0 Å². The van der Waals surface area contributed by atoms with E-state index >= 15 is 0 Å². The van der Waals surface area contributed by atoms with Crippen LogP contribution >= 0.6 is 0 Å². The topological polar surface area (TPSA) is 89.4 Å². The van der Waals surface area contributed by atoms with Gasteiger partial charge in [-0.1, -0.05) is 64.4 Å². The molecule has 0 saturated carbocycles. The molecule has 1 aromatic rings. The summed E-state index contributed by atoms with van der Waals surface area (Å²) in [7, 11) is 0. The van der Waals surface area contributed by atoms with Crippen LogP contribution in [0.2, 0.25) is 0 Å². The molecule has 0 radical (unpaired) electrons. The molecule has 140 valence electrons. The van der Waals surface area contributed by atoms with Crippen molar-refractivity contribution in [2.75, 3.05) is 6.54 Å². The lowest BCUT2D eigenvalue weighted by Crippen LogP contribution is -2.55. The Balaban J connectivity index is 3.02. The summed E-state index contributed by atoms with van der Waals surface area (Å²) in [5, 5.41) is 0. The van der Waals surface area contributed by atoms with Crippen LogP contribution in [0.3, 0.4) is 0 Å². The first-order valence-corrected chi connectivity index (χ1v) is 9.17. The highest BCUT2D eigenvalue weighted by molar-refractivity contribution is 5.89. The molecule has 0 aliphatic heterocycles. The fourth-order valence-corrected chi connectivity index (χ4v) is 2.85. The second-order valence-electron chi connectivity index (χ2n) is 7.23. The largest absolute Gasteiger partial charge is 0.368 e. The molecule has 0 aliphatic rings. The summed E-state index contributed by atoms with van der Waals surface area (Å²) in [5.41, 5.74) is 12.9. The van der Waals surface area contributed by atoms with E-state index < -0.39 is 18.0 Å². The van der Waals surface area contributed by atoms with Gasteiger partial charge >= 0.3 is 0 Å². The van der Waals surface area contributed by atoms with Gasteiger partial charge in [-0.25, -0.2) is 0 Å². The van der Waals surface area contributed by atoms with Crippen LogP contribution in [-0.2, 0) is 16.0 Å². The zero-order valence-corrected chi connectivity index (χ0v) is 15.9. The van der Waals surface area contributed by atoms with E-state index in [0.29, 0.717) is 19.4 Å². The minimum atomic E-state index is -0.619. The lowest BCUT2D eigenvalue weighted by atomic mass is 9.95. The van der Waals surface area contributed by atoms with Gasteiger partial charge in [0.1, 0.15) is 6.04 Å². The summed E-state index contributed by atoms with van der Waals surface area (Å²) in [5.74, 6) is -0.343. The zero-order valence-electron chi connectivity index (χ0n) is 15.9. The quantitative estimate of drug-likeness (QED) is 0.681. The maximum Gasteiger partial charge on any atom is 0.240 e. The van der Waals surface area contributed by atoms with Crippen LogP contribution in [0.15, 0.2) is 30.3 Å². The first-order chi connectivity index (χ1) is 11.8. The van der Waals surface area contributed by atoms with E-state index in [9.17, 15) is 9.59 Å². The number of hydrogen-bond donors (Lipinski definition) is 2. The van der Waals surface area contributed by atoms with Crippen molar-refractivity contribution in [3.63, 3.8) is 0 Å². The first kappa shape index (κ1) is 21.2. The second kappa shape index (κ2) is 10.2. The number of carbonyl (C=O) groups is 2. The number of benzene rings is 1. The molecule has 1 aromatic carbocycles. The summed E-state index contributed by atoms with van der Waals surface area (Å²) in [6.45, 7) is 8.44. The Morgan fingerprint density at radius 1 is 1.12 bits per heavy atom. The summed E-state index contributed by atoms with van der Waals surface area (Å²) in [4.78, 5) is 26.6. The number of carbonyl (C=O) groups excluding carboxylic acids is 2. The van der Waals surface area contributed by atoms with E-state index in [1.807, 2.05) is 58.0 Å².